The van der Waals surface area contributed by atoms with Crippen LogP contribution in [0, 0.1) is 12.8 Å². The van der Waals surface area contributed by atoms with Gasteiger partial charge in [0.05, 0.1) is 19.1 Å². The van der Waals surface area contributed by atoms with Crippen molar-refractivity contribution in [2.75, 3.05) is 17.7 Å². The van der Waals surface area contributed by atoms with Gasteiger partial charge in [-0.2, -0.15) is 0 Å². The molecule has 0 unspecified atom stereocenters. The molecule has 1 aliphatic rings. The van der Waals surface area contributed by atoms with Gasteiger partial charge >= 0.3 is 0 Å². The van der Waals surface area contributed by atoms with E-state index < -0.39 is 0 Å². The molecule has 4 heteroatoms. The van der Waals surface area contributed by atoms with Gasteiger partial charge in [-0.05, 0) is 56.2 Å². The summed E-state index contributed by atoms with van der Waals surface area (Å²) in [5, 5.41) is 2.90. The molecule has 1 saturated carbocycles. The fraction of sp³-hybridized carbons (Fsp3) is 0.588. The zero-order valence-corrected chi connectivity index (χ0v) is 13.0. The summed E-state index contributed by atoms with van der Waals surface area (Å²) in [6.07, 6.45) is 5.44. The Bertz CT molecular complexity index is 480. The van der Waals surface area contributed by atoms with Crippen molar-refractivity contribution in [3.8, 4) is 0 Å². The van der Waals surface area contributed by atoms with Crippen LogP contribution in [0.2, 0.25) is 0 Å². The van der Waals surface area contributed by atoms with E-state index in [4.69, 9.17) is 10.5 Å². The molecule has 1 aromatic carbocycles. The predicted molar refractivity (Wildman–Crippen MR) is 86.2 cm³/mol. The van der Waals surface area contributed by atoms with Crippen LogP contribution in [0.1, 0.15) is 44.6 Å². The van der Waals surface area contributed by atoms with Gasteiger partial charge in [0.2, 0.25) is 5.91 Å². The molecule has 0 aliphatic heterocycles. The van der Waals surface area contributed by atoms with E-state index in [1.807, 2.05) is 19.1 Å². The molecule has 116 valence electrons. The fourth-order valence-corrected chi connectivity index (χ4v) is 2.70. The minimum Gasteiger partial charge on any atom is -0.399 e. The lowest BCUT2D eigenvalue weighted by molar-refractivity contribution is -0.117. The summed E-state index contributed by atoms with van der Waals surface area (Å²) in [5.74, 6) is 0.799. The van der Waals surface area contributed by atoms with E-state index in [1.54, 1.807) is 6.07 Å². The number of benzene rings is 1. The largest absolute Gasteiger partial charge is 0.399 e. The Kier molecular flexibility index (Phi) is 5.62. The number of nitrogens with one attached hydrogen (secondary N) is 1. The summed E-state index contributed by atoms with van der Waals surface area (Å²) < 4.78 is 5.81. The van der Waals surface area contributed by atoms with Gasteiger partial charge in [0.25, 0.3) is 0 Å². The summed E-state index contributed by atoms with van der Waals surface area (Å²) in [5.41, 5.74) is 8.19. The summed E-state index contributed by atoms with van der Waals surface area (Å²) in [4.78, 5) is 11.9. The van der Waals surface area contributed by atoms with Gasteiger partial charge < -0.3 is 15.8 Å². The molecule has 1 aliphatic carbocycles. The maximum absolute atomic E-state index is 11.9. The highest BCUT2D eigenvalue weighted by molar-refractivity contribution is 5.92. The average Bonchev–Trinajstić information content (AvgIpc) is 2.45. The van der Waals surface area contributed by atoms with Gasteiger partial charge in [-0.25, -0.2) is 0 Å². The van der Waals surface area contributed by atoms with E-state index >= 15 is 0 Å². The van der Waals surface area contributed by atoms with Gasteiger partial charge in [-0.15, -0.1) is 0 Å². The number of carbonyl (C=O) groups is 1. The maximum atomic E-state index is 11.9. The number of hydrogen-bond donors (Lipinski definition) is 2. The SMILES string of the molecule is Cc1ccc(N)cc1NC(=O)CCOC1CCC(C)CC1. The van der Waals surface area contributed by atoms with Crippen LogP contribution in [0.5, 0.6) is 0 Å². The third-order valence-electron chi connectivity index (χ3n) is 4.18. The van der Waals surface area contributed by atoms with Crippen LogP contribution in [0.3, 0.4) is 0 Å². The van der Waals surface area contributed by atoms with Gasteiger partial charge in [-0.1, -0.05) is 13.0 Å². The molecule has 0 heterocycles. The Morgan fingerprint density at radius 2 is 2.05 bits per heavy atom. The highest BCUT2D eigenvalue weighted by atomic mass is 16.5. The number of ether oxygens (including phenoxy) is 1. The summed E-state index contributed by atoms with van der Waals surface area (Å²) in [6, 6.07) is 5.53. The first-order chi connectivity index (χ1) is 10.0. The van der Waals surface area contributed by atoms with Crippen molar-refractivity contribution in [1.29, 1.82) is 0 Å². The topological polar surface area (TPSA) is 64.3 Å². The van der Waals surface area contributed by atoms with Gasteiger partial charge in [0, 0.05) is 11.4 Å². The summed E-state index contributed by atoms with van der Waals surface area (Å²) in [7, 11) is 0. The smallest absolute Gasteiger partial charge is 0.226 e. The predicted octanol–water partition coefficient (Wildman–Crippen LogP) is 3.50. The number of anilines is 2. The molecule has 1 amide bonds. The first-order valence-corrected chi connectivity index (χ1v) is 7.82. The highest BCUT2D eigenvalue weighted by Gasteiger charge is 2.18. The Labute approximate surface area is 127 Å². The maximum Gasteiger partial charge on any atom is 0.226 e. The highest BCUT2D eigenvalue weighted by Crippen LogP contribution is 2.25. The van der Waals surface area contributed by atoms with Crippen LogP contribution in [0.25, 0.3) is 0 Å². The molecule has 0 saturated heterocycles. The molecule has 1 fully saturated rings. The first kappa shape index (κ1) is 15.8. The Morgan fingerprint density at radius 1 is 1.33 bits per heavy atom. The number of hydrogen-bond acceptors (Lipinski definition) is 3. The van der Waals surface area contributed by atoms with Gasteiger partial charge in [0.1, 0.15) is 0 Å². The Hall–Kier alpha value is -1.55. The van der Waals surface area contributed by atoms with E-state index in [9.17, 15) is 4.79 Å². The molecule has 0 atom stereocenters. The average molecular weight is 290 g/mol. The van der Waals surface area contributed by atoms with Crippen LogP contribution >= 0.6 is 0 Å². The minimum absolute atomic E-state index is 0.0205. The second-order valence-corrected chi connectivity index (χ2v) is 6.13. The number of nitrogen functional groups attached to an aromatic ring is 1. The molecule has 3 N–H and O–H groups in total. The van der Waals surface area contributed by atoms with Crippen molar-refractivity contribution < 1.29 is 9.53 Å². The standard InChI is InChI=1S/C17H26N2O2/c1-12-3-7-15(8-4-12)21-10-9-17(20)19-16-11-14(18)6-5-13(16)2/h5-6,11-12,15H,3-4,7-10,18H2,1-2H3,(H,19,20). The fourth-order valence-electron chi connectivity index (χ4n) is 2.70. The van der Waals surface area contributed by atoms with Crippen LogP contribution in [-0.2, 0) is 9.53 Å². The number of nitrogens with two attached hydrogens (primary N) is 1. The van der Waals surface area contributed by atoms with Crippen molar-refractivity contribution in [3.63, 3.8) is 0 Å². The number of rotatable bonds is 5. The molecule has 0 radical (unpaired) electrons. The molecule has 4 nitrogen and oxygen atoms in total. The van der Waals surface area contributed by atoms with Crippen LogP contribution in [0.15, 0.2) is 18.2 Å². The molecular formula is C17H26N2O2. The van der Waals surface area contributed by atoms with Crippen molar-refractivity contribution in [2.45, 2.75) is 52.1 Å². The Morgan fingerprint density at radius 3 is 2.76 bits per heavy atom. The summed E-state index contributed by atoms with van der Waals surface area (Å²) in [6.45, 7) is 4.73. The number of amides is 1. The lowest BCUT2D eigenvalue weighted by atomic mass is 9.89. The Balaban J connectivity index is 1.71. The van der Waals surface area contributed by atoms with Crippen molar-refractivity contribution in [2.24, 2.45) is 5.92 Å². The molecule has 0 aromatic heterocycles. The minimum atomic E-state index is -0.0205. The lowest BCUT2D eigenvalue weighted by Crippen LogP contribution is -2.23. The second-order valence-electron chi connectivity index (χ2n) is 6.13. The van der Waals surface area contributed by atoms with Gasteiger partial charge in [0.15, 0.2) is 0 Å². The quantitative estimate of drug-likeness (QED) is 0.816. The van der Waals surface area contributed by atoms with Crippen LogP contribution in [-0.4, -0.2) is 18.6 Å². The van der Waals surface area contributed by atoms with Gasteiger partial charge in [-0.3, -0.25) is 4.79 Å². The molecule has 21 heavy (non-hydrogen) atoms. The third kappa shape index (κ3) is 5.05. The van der Waals surface area contributed by atoms with E-state index in [1.165, 1.54) is 12.8 Å². The second kappa shape index (κ2) is 7.46. The third-order valence-corrected chi connectivity index (χ3v) is 4.18. The molecule has 0 bridgehead atoms. The summed E-state index contributed by atoms with van der Waals surface area (Å²) >= 11 is 0. The van der Waals surface area contributed by atoms with Crippen molar-refractivity contribution in [3.05, 3.63) is 23.8 Å². The number of aryl methyl sites for hydroxylation is 1. The van der Waals surface area contributed by atoms with E-state index in [-0.39, 0.29) is 5.91 Å². The monoisotopic (exact) mass is 290 g/mol. The molecule has 0 spiro atoms. The van der Waals surface area contributed by atoms with Crippen LogP contribution in [0.4, 0.5) is 11.4 Å². The lowest BCUT2D eigenvalue weighted by Gasteiger charge is -2.26. The van der Waals surface area contributed by atoms with E-state index in [0.29, 0.717) is 24.8 Å². The number of carbonyl (C=O) groups excluding carboxylic acids is 1. The first-order valence-electron chi connectivity index (χ1n) is 7.82. The van der Waals surface area contributed by atoms with E-state index in [2.05, 4.69) is 12.2 Å². The van der Waals surface area contributed by atoms with E-state index in [0.717, 1.165) is 30.0 Å². The zero-order chi connectivity index (χ0) is 15.2. The molecular weight excluding hydrogens is 264 g/mol. The normalized spacial score (nSPS) is 22.0. The molecule has 2 rings (SSSR count). The van der Waals surface area contributed by atoms with Crippen molar-refractivity contribution in [1.82, 2.24) is 0 Å². The molecule has 1 aromatic rings. The van der Waals surface area contributed by atoms with Crippen LogP contribution < -0.4 is 11.1 Å². The zero-order valence-electron chi connectivity index (χ0n) is 13.0. The van der Waals surface area contributed by atoms with Crippen molar-refractivity contribution >= 4 is 17.3 Å².